The fraction of sp³-hybridized carbons (Fsp3) is 1.00. The maximum atomic E-state index is 13.5. The summed E-state index contributed by atoms with van der Waals surface area (Å²) in [5.41, 5.74) is -1.15. The second-order valence-corrected chi connectivity index (χ2v) is 4.52. The zero-order valence-corrected chi connectivity index (χ0v) is 7.00. The van der Waals surface area contributed by atoms with Crippen LogP contribution in [0, 0.1) is 10.8 Å². The van der Waals surface area contributed by atoms with Crippen LogP contribution in [0.25, 0.3) is 0 Å². The van der Waals surface area contributed by atoms with Gasteiger partial charge in [0.05, 0.1) is 5.41 Å². The zero-order valence-electron chi connectivity index (χ0n) is 7.00. The van der Waals surface area contributed by atoms with E-state index in [0.29, 0.717) is 6.54 Å². The molecule has 2 spiro atoms. The Morgan fingerprint density at radius 2 is 1.75 bits per heavy atom. The van der Waals surface area contributed by atoms with Crippen LogP contribution in [0.1, 0.15) is 25.7 Å². The van der Waals surface area contributed by atoms with Crippen molar-refractivity contribution in [1.29, 1.82) is 0 Å². The third kappa shape index (κ3) is 0.482. The first kappa shape index (κ1) is 7.25. The van der Waals surface area contributed by atoms with E-state index in [4.69, 9.17) is 0 Å². The first-order valence-corrected chi connectivity index (χ1v) is 4.75. The van der Waals surface area contributed by atoms with Crippen LogP contribution < -0.4 is 5.32 Å². The van der Waals surface area contributed by atoms with Crippen LogP contribution in [0.4, 0.5) is 8.78 Å². The van der Waals surface area contributed by atoms with Gasteiger partial charge in [0.1, 0.15) is 0 Å². The summed E-state index contributed by atoms with van der Waals surface area (Å²) in [6.07, 6.45) is 3.20. The Balaban J connectivity index is 1.93. The minimum absolute atomic E-state index is 0.534. The Morgan fingerprint density at radius 3 is 2.17 bits per heavy atom. The van der Waals surface area contributed by atoms with Crippen molar-refractivity contribution in [3.8, 4) is 0 Å². The molecule has 3 rings (SSSR count). The predicted octanol–water partition coefficient (Wildman–Crippen LogP) is 1.79. The number of piperidine rings is 1. The van der Waals surface area contributed by atoms with Gasteiger partial charge < -0.3 is 5.32 Å². The lowest BCUT2D eigenvalue weighted by Crippen LogP contribution is -2.35. The summed E-state index contributed by atoms with van der Waals surface area (Å²) < 4.78 is 26.9. The number of rotatable bonds is 0. The van der Waals surface area contributed by atoms with E-state index in [1.165, 1.54) is 0 Å². The van der Waals surface area contributed by atoms with Gasteiger partial charge in [-0.15, -0.1) is 0 Å². The van der Waals surface area contributed by atoms with Gasteiger partial charge in [0, 0.05) is 12.0 Å². The van der Waals surface area contributed by atoms with Crippen LogP contribution in [0.3, 0.4) is 0 Å². The van der Waals surface area contributed by atoms with Gasteiger partial charge in [-0.2, -0.15) is 0 Å². The molecule has 1 aliphatic heterocycles. The van der Waals surface area contributed by atoms with Crippen LogP contribution in [0.5, 0.6) is 0 Å². The molecule has 0 aromatic carbocycles. The lowest BCUT2D eigenvalue weighted by atomic mass is 9.92. The number of alkyl halides is 2. The number of halogens is 2. The van der Waals surface area contributed by atoms with Crippen molar-refractivity contribution in [3.63, 3.8) is 0 Å². The van der Waals surface area contributed by atoms with Gasteiger partial charge in [0.15, 0.2) is 0 Å². The van der Waals surface area contributed by atoms with Crippen molar-refractivity contribution in [2.45, 2.75) is 31.6 Å². The predicted molar refractivity (Wildman–Crippen MR) is 41.2 cm³/mol. The largest absolute Gasteiger partial charge is 0.316 e. The van der Waals surface area contributed by atoms with E-state index in [1.807, 2.05) is 0 Å². The van der Waals surface area contributed by atoms with Crippen LogP contribution in [-0.2, 0) is 0 Å². The first-order valence-electron chi connectivity index (χ1n) is 4.75. The molecule has 1 nitrogen and oxygen atoms in total. The molecular weight excluding hydrogens is 160 g/mol. The molecular formula is C9H13F2N. The Bertz CT molecular complexity index is 221. The molecule has 68 valence electrons. The van der Waals surface area contributed by atoms with Crippen LogP contribution in [0.2, 0.25) is 0 Å². The first-order chi connectivity index (χ1) is 5.66. The number of hydrogen-bond donors (Lipinski definition) is 1. The minimum Gasteiger partial charge on any atom is -0.316 e. The molecule has 2 saturated carbocycles. The Kier molecular flexibility index (Phi) is 1.02. The van der Waals surface area contributed by atoms with Gasteiger partial charge >= 0.3 is 0 Å². The van der Waals surface area contributed by atoms with Crippen molar-refractivity contribution in [1.82, 2.24) is 5.32 Å². The van der Waals surface area contributed by atoms with E-state index >= 15 is 0 Å². The van der Waals surface area contributed by atoms with Gasteiger partial charge in [-0.25, -0.2) is 8.78 Å². The zero-order chi connectivity index (χ0) is 8.45. The molecule has 1 heterocycles. The Hall–Kier alpha value is -0.180. The monoisotopic (exact) mass is 173 g/mol. The van der Waals surface area contributed by atoms with E-state index < -0.39 is 16.8 Å². The van der Waals surface area contributed by atoms with Gasteiger partial charge in [-0.05, 0) is 32.2 Å². The van der Waals surface area contributed by atoms with E-state index in [1.54, 1.807) is 0 Å². The summed E-state index contributed by atoms with van der Waals surface area (Å²) in [6.45, 7) is 1.48. The van der Waals surface area contributed by atoms with E-state index in [-0.39, 0.29) is 0 Å². The molecule has 1 unspecified atom stereocenters. The standard InChI is InChI=1S/C9H13F2N/c10-9(11)7(3-4-7)8(9)2-1-5-12-6-8/h12H,1-6H2. The van der Waals surface area contributed by atoms with Gasteiger partial charge in [-0.3, -0.25) is 0 Å². The molecule has 0 radical (unpaired) electrons. The molecule has 12 heavy (non-hydrogen) atoms. The molecule has 1 N–H and O–H groups in total. The normalized spacial score (nSPS) is 46.5. The highest BCUT2D eigenvalue weighted by Crippen LogP contribution is 2.88. The highest BCUT2D eigenvalue weighted by atomic mass is 19.3. The lowest BCUT2D eigenvalue weighted by Gasteiger charge is -2.22. The molecule has 3 heteroatoms. The second kappa shape index (κ2) is 1.69. The highest BCUT2D eigenvalue weighted by Gasteiger charge is 2.94. The molecule has 1 saturated heterocycles. The van der Waals surface area contributed by atoms with Crippen LogP contribution in [0.15, 0.2) is 0 Å². The summed E-state index contributed by atoms with van der Waals surface area (Å²) >= 11 is 0. The number of nitrogens with one attached hydrogen (secondary N) is 1. The third-order valence-corrected chi connectivity index (χ3v) is 4.19. The summed E-state index contributed by atoms with van der Waals surface area (Å²) in [5.74, 6) is -2.34. The average Bonchev–Trinajstić information content (AvgIpc) is 2.91. The minimum atomic E-state index is -2.34. The molecule has 0 amide bonds. The molecule has 3 aliphatic rings. The summed E-state index contributed by atoms with van der Waals surface area (Å²) in [7, 11) is 0. The molecule has 0 bridgehead atoms. The van der Waals surface area contributed by atoms with E-state index in [0.717, 1.165) is 32.2 Å². The average molecular weight is 173 g/mol. The van der Waals surface area contributed by atoms with Crippen LogP contribution in [-0.4, -0.2) is 19.0 Å². The smallest absolute Gasteiger partial charge is 0.261 e. The number of fused-ring (bicyclic) bond motifs is 1. The van der Waals surface area contributed by atoms with Gasteiger partial charge in [0.25, 0.3) is 5.92 Å². The maximum absolute atomic E-state index is 13.5. The summed E-state index contributed by atoms with van der Waals surface area (Å²) in [5, 5.41) is 3.11. The number of hydrogen-bond acceptors (Lipinski definition) is 1. The van der Waals surface area contributed by atoms with Gasteiger partial charge in [-0.1, -0.05) is 0 Å². The maximum Gasteiger partial charge on any atom is 0.261 e. The molecule has 0 aromatic heterocycles. The van der Waals surface area contributed by atoms with Crippen molar-refractivity contribution in [3.05, 3.63) is 0 Å². The van der Waals surface area contributed by atoms with Crippen molar-refractivity contribution >= 4 is 0 Å². The van der Waals surface area contributed by atoms with Crippen molar-refractivity contribution in [2.75, 3.05) is 13.1 Å². The Morgan fingerprint density at radius 1 is 1.00 bits per heavy atom. The van der Waals surface area contributed by atoms with E-state index in [9.17, 15) is 8.78 Å². The lowest BCUT2D eigenvalue weighted by molar-refractivity contribution is 0.0467. The topological polar surface area (TPSA) is 12.0 Å². The fourth-order valence-electron chi connectivity index (χ4n) is 3.24. The molecule has 0 aromatic rings. The second-order valence-electron chi connectivity index (χ2n) is 4.52. The summed E-state index contributed by atoms with van der Waals surface area (Å²) in [6, 6.07) is 0. The van der Waals surface area contributed by atoms with Crippen molar-refractivity contribution < 1.29 is 8.78 Å². The molecule has 1 atom stereocenters. The Labute approximate surface area is 70.5 Å². The van der Waals surface area contributed by atoms with Crippen molar-refractivity contribution in [2.24, 2.45) is 10.8 Å². The molecule has 3 fully saturated rings. The molecule has 2 aliphatic carbocycles. The fourth-order valence-corrected chi connectivity index (χ4v) is 3.24. The quantitative estimate of drug-likeness (QED) is 0.589. The van der Waals surface area contributed by atoms with Gasteiger partial charge in [0.2, 0.25) is 0 Å². The third-order valence-electron chi connectivity index (χ3n) is 4.19. The summed E-state index contributed by atoms with van der Waals surface area (Å²) in [4.78, 5) is 0. The van der Waals surface area contributed by atoms with E-state index in [2.05, 4.69) is 5.32 Å². The highest BCUT2D eigenvalue weighted by molar-refractivity contribution is 5.35. The van der Waals surface area contributed by atoms with Crippen LogP contribution >= 0.6 is 0 Å². The SMILES string of the molecule is FC1(F)C2(CC2)C12CCCNC2.